The Morgan fingerprint density at radius 1 is 1.15 bits per heavy atom. The fourth-order valence-electron chi connectivity index (χ4n) is 3.47. The van der Waals surface area contributed by atoms with Crippen LogP contribution in [0.2, 0.25) is 5.02 Å². The molecule has 3 aromatic rings. The van der Waals surface area contributed by atoms with E-state index >= 15 is 0 Å². The third-order valence-electron chi connectivity index (χ3n) is 4.66. The second-order valence-electron chi connectivity index (χ2n) is 6.39. The Hall–Kier alpha value is -2.28. The predicted octanol–water partition coefficient (Wildman–Crippen LogP) is 5.42. The highest BCUT2D eigenvalue weighted by Gasteiger charge is 2.35. The topological polar surface area (TPSA) is 42.2 Å². The number of hydrogen-bond donors (Lipinski definition) is 1. The molecule has 0 bridgehead atoms. The van der Waals surface area contributed by atoms with Gasteiger partial charge in [0.25, 0.3) is 0 Å². The Kier molecular flexibility index (Phi) is 4.26. The van der Waals surface area contributed by atoms with E-state index in [0.717, 1.165) is 36.2 Å². The third kappa shape index (κ3) is 3.00. The summed E-state index contributed by atoms with van der Waals surface area (Å²) in [5, 5.41) is 3.64. The standard InChI is InChI=1S/C18H16ClF3N4/c19-13-10-23-9-8-12(13)16-17(24-11-4-1-2-5-11)26-14(18(20,21)22)6-3-7-15(26)25-16/h3,6-11,24H,1-2,4-5H2. The van der Waals surface area contributed by atoms with Gasteiger partial charge in [0, 0.05) is 24.0 Å². The van der Waals surface area contributed by atoms with Crippen LogP contribution in [-0.4, -0.2) is 20.4 Å². The van der Waals surface area contributed by atoms with Crippen LogP contribution in [0, 0.1) is 0 Å². The predicted molar refractivity (Wildman–Crippen MR) is 94.3 cm³/mol. The van der Waals surface area contributed by atoms with E-state index in [0.29, 0.717) is 22.1 Å². The fourth-order valence-corrected chi connectivity index (χ4v) is 3.68. The first-order valence-electron chi connectivity index (χ1n) is 8.40. The van der Waals surface area contributed by atoms with Gasteiger partial charge in [-0.25, -0.2) is 4.98 Å². The first kappa shape index (κ1) is 17.1. The van der Waals surface area contributed by atoms with Gasteiger partial charge in [-0.3, -0.25) is 9.38 Å². The zero-order valence-corrected chi connectivity index (χ0v) is 14.5. The summed E-state index contributed by atoms with van der Waals surface area (Å²) in [6.07, 6.45) is 2.49. The second kappa shape index (κ2) is 6.46. The molecular formula is C18H16ClF3N4. The first-order valence-corrected chi connectivity index (χ1v) is 8.78. The van der Waals surface area contributed by atoms with E-state index in [-0.39, 0.29) is 11.7 Å². The van der Waals surface area contributed by atoms with Gasteiger partial charge in [0.2, 0.25) is 0 Å². The summed E-state index contributed by atoms with van der Waals surface area (Å²) >= 11 is 6.24. The average molecular weight is 381 g/mol. The normalized spacial score (nSPS) is 15.7. The van der Waals surface area contributed by atoms with Crippen molar-refractivity contribution >= 4 is 23.1 Å². The van der Waals surface area contributed by atoms with E-state index in [1.807, 2.05) is 0 Å². The van der Waals surface area contributed by atoms with Gasteiger partial charge in [-0.05, 0) is 31.0 Å². The number of nitrogens with one attached hydrogen (secondary N) is 1. The molecular weight excluding hydrogens is 365 g/mol. The number of aromatic nitrogens is 3. The molecule has 1 N–H and O–H groups in total. The maximum Gasteiger partial charge on any atom is 0.431 e. The third-order valence-corrected chi connectivity index (χ3v) is 4.96. The zero-order valence-electron chi connectivity index (χ0n) is 13.7. The highest BCUT2D eigenvalue weighted by atomic mass is 35.5. The van der Waals surface area contributed by atoms with Gasteiger partial charge < -0.3 is 5.32 Å². The average Bonchev–Trinajstić information content (AvgIpc) is 3.23. The Balaban J connectivity index is 1.97. The largest absolute Gasteiger partial charge is 0.431 e. The summed E-state index contributed by atoms with van der Waals surface area (Å²) in [6.45, 7) is 0. The lowest BCUT2D eigenvalue weighted by Gasteiger charge is -2.17. The van der Waals surface area contributed by atoms with E-state index in [1.165, 1.54) is 12.3 Å². The van der Waals surface area contributed by atoms with Crippen LogP contribution in [-0.2, 0) is 6.18 Å². The molecule has 3 heterocycles. The van der Waals surface area contributed by atoms with Crippen molar-refractivity contribution in [1.29, 1.82) is 0 Å². The lowest BCUT2D eigenvalue weighted by Crippen LogP contribution is -2.19. The van der Waals surface area contributed by atoms with E-state index in [4.69, 9.17) is 11.6 Å². The van der Waals surface area contributed by atoms with E-state index in [9.17, 15) is 13.2 Å². The summed E-state index contributed by atoms with van der Waals surface area (Å²) in [5.74, 6) is 0.327. The Bertz CT molecular complexity index is 945. The molecule has 0 spiro atoms. The van der Waals surface area contributed by atoms with Crippen LogP contribution in [0.25, 0.3) is 16.9 Å². The minimum absolute atomic E-state index is 0.121. The maximum atomic E-state index is 13.6. The van der Waals surface area contributed by atoms with Gasteiger partial charge in [0.1, 0.15) is 22.9 Å². The summed E-state index contributed by atoms with van der Waals surface area (Å²) < 4.78 is 41.9. The van der Waals surface area contributed by atoms with Crippen LogP contribution in [0.5, 0.6) is 0 Å². The summed E-state index contributed by atoms with van der Waals surface area (Å²) in [6, 6.07) is 5.77. The Labute approximate surface area is 153 Å². The molecule has 0 unspecified atom stereocenters. The second-order valence-corrected chi connectivity index (χ2v) is 6.80. The number of hydrogen-bond acceptors (Lipinski definition) is 3. The van der Waals surface area contributed by atoms with Crippen molar-refractivity contribution < 1.29 is 13.2 Å². The number of pyridine rings is 2. The summed E-state index contributed by atoms with van der Waals surface area (Å²) in [4.78, 5) is 8.40. The minimum atomic E-state index is -4.49. The van der Waals surface area contributed by atoms with Crippen molar-refractivity contribution in [3.8, 4) is 11.3 Å². The number of rotatable bonds is 3. The maximum absolute atomic E-state index is 13.6. The fraction of sp³-hybridized carbons (Fsp3) is 0.333. The SMILES string of the molecule is FC(F)(F)c1cccc2nc(-c3ccncc3Cl)c(NC3CCCC3)n12. The van der Waals surface area contributed by atoms with Crippen LogP contribution in [0.3, 0.4) is 0 Å². The van der Waals surface area contributed by atoms with Crippen molar-refractivity contribution in [2.24, 2.45) is 0 Å². The summed E-state index contributed by atoms with van der Waals surface area (Å²) in [7, 11) is 0. The lowest BCUT2D eigenvalue weighted by atomic mass is 10.2. The van der Waals surface area contributed by atoms with Gasteiger partial charge in [-0.15, -0.1) is 0 Å². The van der Waals surface area contributed by atoms with Crippen molar-refractivity contribution in [2.45, 2.75) is 37.9 Å². The van der Waals surface area contributed by atoms with Crippen LogP contribution in [0.15, 0.2) is 36.7 Å². The van der Waals surface area contributed by atoms with Gasteiger partial charge >= 0.3 is 6.18 Å². The molecule has 3 aromatic heterocycles. The van der Waals surface area contributed by atoms with Gasteiger partial charge in [-0.2, -0.15) is 13.2 Å². The van der Waals surface area contributed by atoms with Crippen molar-refractivity contribution in [3.05, 3.63) is 47.4 Å². The van der Waals surface area contributed by atoms with Gasteiger partial charge in [0.05, 0.1) is 5.02 Å². The lowest BCUT2D eigenvalue weighted by molar-refractivity contribution is -0.141. The Morgan fingerprint density at radius 2 is 1.92 bits per heavy atom. The monoisotopic (exact) mass is 380 g/mol. The minimum Gasteiger partial charge on any atom is -0.367 e. The van der Waals surface area contributed by atoms with Crippen LogP contribution in [0.4, 0.5) is 19.0 Å². The van der Waals surface area contributed by atoms with Crippen LogP contribution >= 0.6 is 11.6 Å². The molecule has 4 nitrogen and oxygen atoms in total. The van der Waals surface area contributed by atoms with Crippen LogP contribution < -0.4 is 5.32 Å². The van der Waals surface area contributed by atoms with Crippen LogP contribution in [0.1, 0.15) is 31.4 Å². The molecule has 1 saturated carbocycles. The number of nitrogens with zero attached hydrogens (tertiary/aromatic N) is 3. The first-order chi connectivity index (χ1) is 12.4. The molecule has 0 radical (unpaired) electrons. The molecule has 1 aliphatic rings. The number of imidazole rings is 1. The Morgan fingerprint density at radius 3 is 2.62 bits per heavy atom. The smallest absolute Gasteiger partial charge is 0.367 e. The molecule has 136 valence electrons. The van der Waals surface area contributed by atoms with E-state index in [1.54, 1.807) is 18.3 Å². The van der Waals surface area contributed by atoms with Crippen molar-refractivity contribution in [1.82, 2.24) is 14.4 Å². The van der Waals surface area contributed by atoms with Crippen molar-refractivity contribution in [3.63, 3.8) is 0 Å². The molecule has 1 fully saturated rings. The van der Waals surface area contributed by atoms with E-state index < -0.39 is 11.9 Å². The van der Waals surface area contributed by atoms with Gasteiger partial charge in [-0.1, -0.05) is 30.5 Å². The molecule has 0 amide bonds. The molecule has 0 atom stereocenters. The quantitative estimate of drug-likeness (QED) is 0.659. The van der Waals surface area contributed by atoms with Crippen molar-refractivity contribution in [2.75, 3.05) is 5.32 Å². The number of alkyl halides is 3. The molecule has 8 heteroatoms. The molecule has 4 rings (SSSR count). The molecule has 1 aliphatic carbocycles. The molecule has 0 aliphatic heterocycles. The number of fused-ring (bicyclic) bond motifs is 1. The van der Waals surface area contributed by atoms with Gasteiger partial charge in [0.15, 0.2) is 0 Å². The highest BCUT2D eigenvalue weighted by Crippen LogP contribution is 2.38. The van der Waals surface area contributed by atoms with E-state index in [2.05, 4.69) is 15.3 Å². The number of anilines is 1. The number of halogens is 4. The highest BCUT2D eigenvalue weighted by molar-refractivity contribution is 6.33. The molecule has 0 saturated heterocycles. The molecule has 0 aromatic carbocycles. The summed E-state index contributed by atoms with van der Waals surface area (Å²) in [5.41, 5.74) is 0.419. The zero-order chi connectivity index (χ0) is 18.3. The molecule has 26 heavy (non-hydrogen) atoms.